The Kier molecular flexibility index (Phi) is 4.85. The molecule has 0 saturated carbocycles. The number of terminal acetylenes is 1. The highest BCUT2D eigenvalue weighted by molar-refractivity contribution is 4.89. The molecule has 0 bridgehead atoms. The number of alkyl halides is 2. The lowest BCUT2D eigenvalue weighted by Crippen LogP contribution is -2.22. The van der Waals surface area contributed by atoms with E-state index in [0.29, 0.717) is 6.42 Å². The Morgan fingerprint density at radius 3 is 2.27 bits per heavy atom. The molecule has 0 aromatic carbocycles. The molecule has 3 atom stereocenters. The van der Waals surface area contributed by atoms with E-state index in [4.69, 9.17) is 6.42 Å². The van der Waals surface area contributed by atoms with Crippen molar-refractivity contribution in [3.8, 4) is 12.3 Å². The molecule has 0 amide bonds. The van der Waals surface area contributed by atoms with Crippen LogP contribution in [-0.4, -0.2) is 12.3 Å². The second-order valence-corrected chi connectivity index (χ2v) is 2.71. The fourth-order valence-corrected chi connectivity index (χ4v) is 0.897. The Balaban J connectivity index is 3.82. The van der Waals surface area contributed by atoms with Gasteiger partial charge >= 0.3 is 0 Å². The normalized spacial score (nSPS) is 18.5. The lowest BCUT2D eigenvalue weighted by atomic mass is 9.97. The van der Waals surface area contributed by atoms with E-state index in [-0.39, 0.29) is 6.42 Å². The smallest absolute Gasteiger partial charge is 0.116 e. The van der Waals surface area contributed by atoms with E-state index in [1.807, 2.05) is 0 Å². The molecule has 0 heterocycles. The highest BCUT2D eigenvalue weighted by Gasteiger charge is 2.22. The minimum atomic E-state index is -1.20. The van der Waals surface area contributed by atoms with Crippen molar-refractivity contribution in [2.75, 3.05) is 0 Å². The molecule has 3 unspecified atom stereocenters. The van der Waals surface area contributed by atoms with Crippen LogP contribution in [0.15, 0.2) is 0 Å². The summed E-state index contributed by atoms with van der Waals surface area (Å²) < 4.78 is 25.6. The van der Waals surface area contributed by atoms with Gasteiger partial charge in [0.15, 0.2) is 0 Å². The van der Waals surface area contributed by atoms with E-state index in [1.54, 1.807) is 13.8 Å². The van der Waals surface area contributed by atoms with Crippen LogP contribution < -0.4 is 0 Å². The van der Waals surface area contributed by atoms with Gasteiger partial charge in [0.1, 0.15) is 12.3 Å². The van der Waals surface area contributed by atoms with Crippen LogP contribution in [-0.2, 0) is 0 Å². The topological polar surface area (TPSA) is 0 Å². The Labute approximate surface area is 67.0 Å². The van der Waals surface area contributed by atoms with Crippen molar-refractivity contribution >= 4 is 0 Å². The molecular weight excluding hydrogens is 146 g/mol. The Hall–Kier alpha value is -0.580. The van der Waals surface area contributed by atoms with Crippen LogP contribution >= 0.6 is 0 Å². The number of rotatable bonds is 4. The van der Waals surface area contributed by atoms with Gasteiger partial charge < -0.3 is 0 Å². The third-order valence-corrected chi connectivity index (χ3v) is 1.84. The maximum atomic E-state index is 12.9. The molecule has 0 rings (SSSR count). The van der Waals surface area contributed by atoms with Gasteiger partial charge in [0.25, 0.3) is 0 Å². The summed E-state index contributed by atoms with van der Waals surface area (Å²) in [6.45, 7) is 3.25. The lowest BCUT2D eigenvalue weighted by Gasteiger charge is -2.17. The SMILES string of the molecule is C#CCC(F)C(C)C(F)CC. The highest BCUT2D eigenvalue weighted by atomic mass is 19.1. The molecule has 0 aromatic heterocycles. The van der Waals surface area contributed by atoms with E-state index >= 15 is 0 Å². The van der Waals surface area contributed by atoms with Crippen LogP contribution in [0, 0.1) is 18.3 Å². The van der Waals surface area contributed by atoms with Crippen LogP contribution in [0.25, 0.3) is 0 Å². The predicted molar refractivity (Wildman–Crippen MR) is 42.7 cm³/mol. The van der Waals surface area contributed by atoms with Crippen molar-refractivity contribution in [3.05, 3.63) is 0 Å². The van der Waals surface area contributed by atoms with Crippen molar-refractivity contribution in [1.82, 2.24) is 0 Å². The average molecular weight is 160 g/mol. The molecule has 2 heteroatoms. The minimum absolute atomic E-state index is 0.0155. The lowest BCUT2D eigenvalue weighted by molar-refractivity contribution is 0.138. The van der Waals surface area contributed by atoms with Gasteiger partial charge in [-0.05, 0) is 6.42 Å². The molecule has 0 aliphatic rings. The summed E-state index contributed by atoms with van der Waals surface area (Å²) >= 11 is 0. The van der Waals surface area contributed by atoms with Crippen molar-refractivity contribution < 1.29 is 8.78 Å². The molecule has 0 spiro atoms. The van der Waals surface area contributed by atoms with Crippen LogP contribution in [0.5, 0.6) is 0 Å². The van der Waals surface area contributed by atoms with Crippen molar-refractivity contribution in [3.63, 3.8) is 0 Å². The zero-order chi connectivity index (χ0) is 8.85. The van der Waals surface area contributed by atoms with Gasteiger partial charge in [-0.3, -0.25) is 0 Å². The summed E-state index contributed by atoms with van der Waals surface area (Å²) in [4.78, 5) is 0. The van der Waals surface area contributed by atoms with Crippen molar-refractivity contribution in [2.45, 2.75) is 39.0 Å². The molecule has 0 nitrogen and oxygen atoms in total. The predicted octanol–water partition coefficient (Wildman–Crippen LogP) is 2.73. The summed E-state index contributed by atoms with van der Waals surface area (Å²) in [5.74, 6) is 1.61. The maximum absolute atomic E-state index is 12.9. The third kappa shape index (κ3) is 3.36. The molecule has 0 aliphatic heterocycles. The molecule has 0 N–H and O–H groups in total. The fourth-order valence-electron chi connectivity index (χ4n) is 0.897. The monoisotopic (exact) mass is 160 g/mol. The Morgan fingerprint density at radius 2 is 1.91 bits per heavy atom. The van der Waals surface area contributed by atoms with Crippen molar-refractivity contribution in [1.29, 1.82) is 0 Å². The summed E-state index contributed by atoms with van der Waals surface area (Å²) in [5, 5.41) is 0. The van der Waals surface area contributed by atoms with E-state index in [1.165, 1.54) is 0 Å². The minimum Gasteiger partial charge on any atom is -0.247 e. The zero-order valence-electron chi connectivity index (χ0n) is 6.98. The third-order valence-electron chi connectivity index (χ3n) is 1.84. The summed E-state index contributed by atoms with van der Waals surface area (Å²) in [7, 11) is 0. The Bertz CT molecular complexity index is 137. The van der Waals surface area contributed by atoms with Gasteiger partial charge in [-0.1, -0.05) is 13.8 Å². The molecular formula is C9H14F2. The molecule has 64 valence electrons. The van der Waals surface area contributed by atoms with Crippen LogP contribution in [0.3, 0.4) is 0 Å². The van der Waals surface area contributed by atoms with E-state index < -0.39 is 18.3 Å². The first kappa shape index (κ1) is 10.4. The van der Waals surface area contributed by atoms with E-state index in [9.17, 15) is 8.78 Å². The molecule has 0 aliphatic carbocycles. The van der Waals surface area contributed by atoms with Gasteiger partial charge in [-0.25, -0.2) is 8.78 Å². The summed E-state index contributed by atoms with van der Waals surface area (Å²) in [6.07, 6.45) is 3.00. The molecule has 0 saturated heterocycles. The van der Waals surface area contributed by atoms with E-state index in [0.717, 1.165) is 0 Å². The van der Waals surface area contributed by atoms with Gasteiger partial charge in [0.2, 0.25) is 0 Å². The zero-order valence-corrected chi connectivity index (χ0v) is 6.98. The molecule has 0 fully saturated rings. The molecule has 11 heavy (non-hydrogen) atoms. The van der Waals surface area contributed by atoms with Crippen LogP contribution in [0.4, 0.5) is 8.78 Å². The van der Waals surface area contributed by atoms with Crippen molar-refractivity contribution in [2.24, 2.45) is 5.92 Å². The highest BCUT2D eigenvalue weighted by Crippen LogP contribution is 2.19. The maximum Gasteiger partial charge on any atom is 0.116 e. The van der Waals surface area contributed by atoms with Gasteiger partial charge in [0, 0.05) is 12.3 Å². The van der Waals surface area contributed by atoms with Gasteiger partial charge in [0.05, 0.1) is 0 Å². The van der Waals surface area contributed by atoms with Crippen LogP contribution in [0.1, 0.15) is 26.7 Å². The first-order valence-corrected chi connectivity index (χ1v) is 3.85. The standard InChI is InChI=1S/C9H14F2/c1-4-6-9(11)7(3)8(10)5-2/h1,7-9H,5-6H2,2-3H3. The fraction of sp³-hybridized carbons (Fsp3) is 0.778. The second-order valence-electron chi connectivity index (χ2n) is 2.71. The van der Waals surface area contributed by atoms with E-state index in [2.05, 4.69) is 5.92 Å². The van der Waals surface area contributed by atoms with Gasteiger partial charge in [-0.2, -0.15) is 0 Å². The Morgan fingerprint density at radius 1 is 1.36 bits per heavy atom. The first-order chi connectivity index (χ1) is 5.13. The molecule has 0 aromatic rings. The number of hydrogen-bond donors (Lipinski definition) is 0. The summed E-state index contributed by atoms with van der Waals surface area (Å²) in [6, 6.07) is 0. The van der Waals surface area contributed by atoms with Crippen LogP contribution in [0.2, 0.25) is 0 Å². The largest absolute Gasteiger partial charge is 0.247 e. The summed E-state index contributed by atoms with van der Waals surface area (Å²) in [5.41, 5.74) is 0. The molecule has 0 radical (unpaired) electrons. The quantitative estimate of drug-likeness (QED) is 0.555. The number of hydrogen-bond acceptors (Lipinski definition) is 0. The van der Waals surface area contributed by atoms with Gasteiger partial charge in [-0.15, -0.1) is 12.3 Å². The number of halogens is 2. The average Bonchev–Trinajstić information content (AvgIpc) is 2.02. The second kappa shape index (κ2) is 5.12. The first-order valence-electron chi connectivity index (χ1n) is 3.85.